The number of amides is 1. The van der Waals surface area contributed by atoms with Crippen LogP contribution in [0.5, 0.6) is 0 Å². The van der Waals surface area contributed by atoms with E-state index in [1.165, 1.54) is 6.42 Å². The molecule has 5 heteroatoms. The highest BCUT2D eigenvalue weighted by Crippen LogP contribution is 2.25. The van der Waals surface area contributed by atoms with Gasteiger partial charge in [0.25, 0.3) is 5.91 Å². The lowest BCUT2D eigenvalue weighted by atomic mass is 10.1. The molecule has 1 aromatic rings. The van der Waals surface area contributed by atoms with E-state index in [1.54, 1.807) is 12.1 Å². The molecule has 0 spiro atoms. The number of nitrogens with two attached hydrogens (primary N) is 1. The molecule has 1 aromatic carbocycles. The Morgan fingerprint density at radius 1 is 1.48 bits per heavy atom. The van der Waals surface area contributed by atoms with Gasteiger partial charge < -0.3 is 20.7 Å². The summed E-state index contributed by atoms with van der Waals surface area (Å²) in [6, 6.07) is 5.40. The Labute approximate surface area is 126 Å². The highest BCUT2D eigenvalue weighted by atomic mass is 16.5. The van der Waals surface area contributed by atoms with Gasteiger partial charge in [-0.2, -0.15) is 0 Å². The van der Waals surface area contributed by atoms with E-state index in [9.17, 15) is 4.79 Å². The first kappa shape index (κ1) is 15.6. The second-order valence-corrected chi connectivity index (χ2v) is 5.50. The molecular formula is C16H25N3O2. The minimum atomic E-state index is -0.0685. The third-order valence-corrected chi connectivity index (χ3v) is 3.79. The first-order valence-electron chi connectivity index (χ1n) is 7.62. The molecule has 5 nitrogen and oxygen atoms in total. The first-order valence-corrected chi connectivity index (χ1v) is 7.62. The van der Waals surface area contributed by atoms with Crippen LogP contribution in [0, 0.1) is 0 Å². The van der Waals surface area contributed by atoms with Crippen molar-refractivity contribution in [1.82, 2.24) is 5.32 Å². The van der Waals surface area contributed by atoms with Crippen LogP contribution in [-0.4, -0.2) is 38.8 Å². The van der Waals surface area contributed by atoms with Crippen molar-refractivity contribution in [2.24, 2.45) is 0 Å². The Balaban J connectivity index is 2.09. The molecule has 0 radical (unpaired) electrons. The molecule has 1 aliphatic heterocycles. The Morgan fingerprint density at radius 2 is 2.29 bits per heavy atom. The maximum absolute atomic E-state index is 11.9. The van der Waals surface area contributed by atoms with Crippen LogP contribution in [0.4, 0.5) is 11.4 Å². The minimum Gasteiger partial charge on any atom is -0.397 e. The number of benzene rings is 1. The van der Waals surface area contributed by atoms with Gasteiger partial charge in [0.2, 0.25) is 0 Å². The van der Waals surface area contributed by atoms with Crippen molar-refractivity contribution in [2.75, 3.05) is 37.4 Å². The molecule has 2 rings (SSSR count). The number of nitrogen functional groups attached to an aromatic ring is 1. The van der Waals surface area contributed by atoms with E-state index in [4.69, 9.17) is 10.5 Å². The minimum absolute atomic E-state index is 0.0685. The quantitative estimate of drug-likeness (QED) is 0.815. The summed E-state index contributed by atoms with van der Waals surface area (Å²) in [7, 11) is 1.99. The summed E-state index contributed by atoms with van der Waals surface area (Å²) in [6.07, 6.45) is 3.69. The molecule has 1 saturated heterocycles. The van der Waals surface area contributed by atoms with E-state index in [0.29, 0.717) is 17.8 Å². The largest absolute Gasteiger partial charge is 0.397 e. The number of likely N-dealkylation sites (N-methyl/N-ethyl adjacent to an activating group) is 1. The average Bonchev–Trinajstić information content (AvgIpc) is 2.48. The van der Waals surface area contributed by atoms with Crippen LogP contribution in [-0.2, 0) is 4.74 Å². The lowest BCUT2D eigenvalue weighted by Crippen LogP contribution is -2.34. The van der Waals surface area contributed by atoms with Crippen LogP contribution in [0.1, 0.15) is 36.5 Å². The Morgan fingerprint density at radius 3 is 2.95 bits per heavy atom. The number of anilines is 2. The number of nitrogens with zero attached hydrogens (tertiary/aromatic N) is 1. The predicted molar refractivity (Wildman–Crippen MR) is 85.7 cm³/mol. The van der Waals surface area contributed by atoms with Crippen molar-refractivity contribution in [1.29, 1.82) is 0 Å². The van der Waals surface area contributed by atoms with Crippen molar-refractivity contribution in [3.05, 3.63) is 23.8 Å². The first-order chi connectivity index (χ1) is 10.1. The van der Waals surface area contributed by atoms with E-state index in [-0.39, 0.29) is 12.0 Å². The second-order valence-electron chi connectivity index (χ2n) is 5.50. The van der Waals surface area contributed by atoms with Crippen LogP contribution in [0.15, 0.2) is 18.2 Å². The van der Waals surface area contributed by atoms with E-state index in [0.717, 1.165) is 31.7 Å². The normalized spacial score (nSPS) is 18.3. The van der Waals surface area contributed by atoms with Gasteiger partial charge in [-0.05, 0) is 44.4 Å². The SMILES string of the molecule is CCNC(=O)c1ccc(N)c(N(C)CC2CCCCO2)c1. The van der Waals surface area contributed by atoms with Gasteiger partial charge in [-0.25, -0.2) is 0 Å². The van der Waals surface area contributed by atoms with Crippen LogP contribution >= 0.6 is 0 Å². The summed E-state index contributed by atoms with van der Waals surface area (Å²) in [5.41, 5.74) is 8.26. The molecule has 116 valence electrons. The molecule has 3 N–H and O–H groups in total. The Bertz CT molecular complexity index is 484. The number of rotatable bonds is 5. The van der Waals surface area contributed by atoms with Crippen LogP contribution in [0.25, 0.3) is 0 Å². The van der Waals surface area contributed by atoms with E-state index < -0.39 is 0 Å². The van der Waals surface area contributed by atoms with Gasteiger partial charge >= 0.3 is 0 Å². The molecule has 0 aliphatic carbocycles. The summed E-state index contributed by atoms with van der Waals surface area (Å²) in [6.45, 7) is 4.16. The molecule has 1 heterocycles. The molecule has 0 saturated carbocycles. The van der Waals surface area contributed by atoms with Crippen LogP contribution in [0.3, 0.4) is 0 Å². The summed E-state index contributed by atoms with van der Waals surface area (Å²) < 4.78 is 5.76. The zero-order valence-corrected chi connectivity index (χ0v) is 12.9. The summed E-state index contributed by atoms with van der Waals surface area (Å²) in [5, 5.41) is 2.81. The monoisotopic (exact) mass is 291 g/mol. The smallest absolute Gasteiger partial charge is 0.251 e. The molecule has 1 aliphatic rings. The fourth-order valence-electron chi connectivity index (χ4n) is 2.63. The molecule has 0 bridgehead atoms. The zero-order valence-electron chi connectivity index (χ0n) is 12.9. The van der Waals surface area contributed by atoms with Crippen molar-refractivity contribution in [2.45, 2.75) is 32.3 Å². The van der Waals surface area contributed by atoms with Gasteiger partial charge in [0.1, 0.15) is 0 Å². The van der Waals surface area contributed by atoms with Crippen LogP contribution in [0.2, 0.25) is 0 Å². The molecule has 1 atom stereocenters. The standard InChI is InChI=1S/C16H25N3O2/c1-3-18-16(20)12-7-8-14(17)15(10-12)19(2)11-13-6-4-5-9-21-13/h7-8,10,13H,3-6,9,11,17H2,1-2H3,(H,18,20). The van der Waals surface area contributed by atoms with Gasteiger partial charge in [-0.1, -0.05) is 0 Å². The van der Waals surface area contributed by atoms with Gasteiger partial charge in [-0.15, -0.1) is 0 Å². The summed E-state index contributed by atoms with van der Waals surface area (Å²) in [5.74, 6) is -0.0685. The molecule has 1 amide bonds. The van der Waals surface area contributed by atoms with Gasteiger partial charge in [-0.3, -0.25) is 4.79 Å². The Hall–Kier alpha value is -1.75. The summed E-state index contributed by atoms with van der Waals surface area (Å²) >= 11 is 0. The molecular weight excluding hydrogens is 266 g/mol. The predicted octanol–water partition coefficient (Wildman–Crippen LogP) is 2.02. The highest BCUT2D eigenvalue weighted by Gasteiger charge is 2.18. The topological polar surface area (TPSA) is 67.6 Å². The molecule has 0 aromatic heterocycles. The van der Waals surface area contributed by atoms with Crippen molar-refractivity contribution >= 4 is 17.3 Å². The highest BCUT2D eigenvalue weighted by molar-refractivity contribution is 5.96. The van der Waals surface area contributed by atoms with Crippen molar-refractivity contribution in [3.8, 4) is 0 Å². The van der Waals surface area contributed by atoms with E-state index in [1.807, 2.05) is 20.0 Å². The van der Waals surface area contributed by atoms with Gasteiger partial charge in [0.05, 0.1) is 17.5 Å². The van der Waals surface area contributed by atoms with E-state index in [2.05, 4.69) is 10.2 Å². The van der Waals surface area contributed by atoms with Gasteiger partial charge in [0, 0.05) is 32.3 Å². The molecule has 21 heavy (non-hydrogen) atoms. The molecule has 1 fully saturated rings. The summed E-state index contributed by atoms with van der Waals surface area (Å²) in [4.78, 5) is 14.0. The lowest BCUT2D eigenvalue weighted by molar-refractivity contribution is 0.0216. The fraction of sp³-hybridized carbons (Fsp3) is 0.562. The number of hydrogen-bond acceptors (Lipinski definition) is 4. The zero-order chi connectivity index (χ0) is 15.2. The third kappa shape index (κ3) is 4.11. The second kappa shape index (κ2) is 7.31. The average molecular weight is 291 g/mol. The number of carbonyl (C=O) groups excluding carboxylic acids is 1. The maximum atomic E-state index is 11.9. The van der Waals surface area contributed by atoms with Gasteiger partial charge in [0.15, 0.2) is 0 Å². The van der Waals surface area contributed by atoms with E-state index >= 15 is 0 Å². The number of carbonyl (C=O) groups is 1. The van der Waals surface area contributed by atoms with Crippen molar-refractivity contribution < 1.29 is 9.53 Å². The maximum Gasteiger partial charge on any atom is 0.251 e. The van der Waals surface area contributed by atoms with Crippen LogP contribution < -0.4 is 16.0 Å². The van der Waals surface area contributed by atoms with Crippen molar-refractivity contribution in [3.63, 3.8) is 0 Å². The molecule has 1 unspecified atom stereocenters. The number of nitrogens with one attached hydrogen (secondary N) is 1. The number of ether oxygens (including phenoxy) is 1. The Kier molecular flexibility index (Phi) is 5.44. The third-order valence-electron chi connectivity index (χ3n) is 3.79. The lowest BCUT2D eigenvalue weighted by Gasteiger charge is -2.29. The fourth-order valence-corrected chi connectivity index (χ4v) is 2.63. The number of hydrogen-bond donors (Lipinski definition) is 2.